The minimum Gasteiger partial charge on any atom is -0.465 e. The molecule has 0 atom stereocenters. The van der Waals surface area contributed by atoms with Gasteiger partial charge in [0.05, 0.1) is 0 Å². The third-order valence-electron chi connectivity index (χ3n) is 3.06. The van der Waals surface area contributed by atoms with Gasteiger partial charge in [-0.05, 0) is 25.8 Å². The molecule has 0 fully saturated rings. The monoisotopic (exact) mass is 295 g/mol. The van der Waals surface area contributed by atoms with Gasteiger partial charge in [-0.15, -0.1) is 0 Å². The van der Waals surface area contributed by atoms with Crippen LogP contribution in [0.1, 0.15) is 32.3 Å². The minimum atomic E-state index is -0.900. The predicted octanol–water partition coefficient (Wildman–Crippen LogP) is 3.35. The van der Waals surface area contributed by atoms with Crippen LogP contribution in [0.3, 0.4) is 0 Å². The second-order valence-electron chi connectivity index (χ2n) is 4.67. The SMILES string of the molecule is CCOC(CCCN(Cc1ccccc1)C(=O)O)OCC. The lowest BCUT2D eigenvalue weighted by atomic mass is 10.2. The molecule has 118 valence electrons. The van der Waals surface area contributed by atoms with Crippen molar-refractivity contribution < 1.29 is 19.4 Å². The topological polar surface area (TPSA) is 59.0 Å². The Morgan fingerprint density at radius 1 is 1.19 bits per heavy atom. The van der Waals surface area contributed by atoms with Crippen molar-refractivity contribution in [3.8, 4) is 0 Å². The van der Waals surface area contributed by atoms with E-state index in [4.69, 9.17) is 9.47 Å². The van der Waals surface area contributed by atoms with Gasteiger partial charge in [-0.3, -0.25) is 0 Å². The van der Waals surface area contributed by atoms with Gasteiger partial charge in [-0.25, -0.2) is 4.79 Å². The summed E-state index contributed by atoms with van der Waals surface area (Å²) in [5, 5.41) is 9.27. The largest absolute Gasteiger partial charge is 0.465 e. The van der Waals surface area contributed by atoms with Crippen LogP contribution in [0.2, 0.25) is 0 Å². The Hall–Kier alpha value is -1.59. The number of rotatable bonds is 10. The van der Waals surface area contributed by atoms with Gasteiger partial charge in [-0.2, -0.15) is 0 Å². The third kappa shape index (κ3) is 7.11. The molecule has 1 aromatic rings. The zero-order valence-electron chi connectivity index (χ0n) is 12.8. The summed E-state index contributed by atoms with van der Waals surface area (Å²) in [5.41, 5.74) is 0.992. The Morgan fingerprint density at radius 3 is 2.33 bits per heavy atom. The lowest BCUT2D eigenvalue weighted by molar-refractivity contribution is -0.140. The molecule has 0 aliphatic carbocycles. The van der Waals surface area contributed by atoms with Gasteiger partial charge in [0, 0.05) is 32.7 Å². The number of ether oxygens (including phenoxy) is 2. The third-order valence-corrected chi connectivity index (χ3v) is 3.06. The first kappa shape index (κ1) is 17.5. The molecule has 0 aliphatic rings. The van der Waals surface area contributed by atoms with Crippen molar-refractivity contribution in [2.24, 2.45) is 0 Å². The fourth-order valence-electron chi connectivity index (χ4n) is 2.08. The number of hydrogen-bond acceptors (Lipinski definition) is 3. The molecule has 0 radical (unpaired) electrons. The zero-order valence-corrected chi connectivity index (χ0v) is 12.8. The number of nitrogens with zero attached hydrogens (tertiary/aromatic N) is 1. The summed E-state index contributed by atoms with van der Waals surface area (Å²) in [5.74, 6) is 0. The van der Waals surface area contributed by atoms with Gasteiger partial charge in [0.2, 0.25) is 0 Å². The summed E-state index contributed by atoms with van der Waals surface area (Å²) in [6.07, 6.45) is 0.264. The van der Waals surface area contributed by atoms with Crippen LogP contribution in [0.5, 0.6) is 0 Å². The number of carboxylic acid groups (broad SMARTS) is 1. The number of amides is 1. The maximum absolute atomic E-state index is 11.3. The summed E-state index contributed by atoms with van der Waals surface area (Å²) in [4.78, 5) is 12.7. The molecule has 0 aliphatic heterocycles. The van der Waals surface area contributed by atoms with E-state index in [0.29, 0.717) is 39.1 Å². The maximum Gasteiger partial charge on any atom is 0.407 e. The van der Waals surface area contributed by atoms with Crippen LogP contribution in [-0.4, -0.2) is 42.1 Å². The van der Waals surface area contributed by atoms with Crippen LogP contribution in [0, 0.1) is 0 Å². The highest BCUT2D eigenvalue weighted by molar-refractivity contribution is 5.64. The Bertz CT molecular complexity index is 391. The number of carbonyl (C=O) groups is 1. The average molecular weight is 295 g/mol. The summed E-state index contributed by atoms with van der Waals surface area (Å²) < 4.78 is 10.9. The van der Waals surface area contributed by atoms with Crippen molar-refractivity contribution in [1.82, 2.24) is 4.90 Å². The molecular weight excluding hydrogens is 270 g/mol. The molecular formula is C16H25NO4. The van der Waals surface area contributed by atoms with E-state index < -0.39 is 6.09 Å². The normalized spacial score (nSPS) is 10.8. The van der Waals surface area contributed by atoms with Crippen LogP contribution < -0.4 is 0 Å². The molecule has 1 amide bonds. The van der Waals surface area contributed by atoms with Gasteiger partial charge < -0.3 is 19.5 Å². The Balaban J connectivity index is 2.42. The van der Waals surface area contributed by atoms with Crippen molar-refractivity contribution in [1.29, 1.82) is 0 Å². The highest BCUT2D eigenvalue weighted by Crippen LogP contribution is 2.09. The Kier molecular flexibility index (Phi) is 8.47. The predicted molar refractivity (Wildman–Crippen MR) is 81.2 cm³/mol. The fourth-order valence-corrected chi connectivity index (χ4v) is 2.08. The van der Waals surface area contributed by atoms with E-state index in [9.17, 15) is 9.90 Å². The van der Waals surface area contributed by atoms with Gasteiger partial charge in [0.1, 0.15) is 0 Å². The number of hydrogen-bond donors (Lipinski definition) is 1. The smallest absolute Gasteiger partial charge is 0.407 e. The Morgan fingerprint density at radius 2 is 1.81 bits per heavy atom. The van der Waals surface area contributed by atoms with Gasteiger partial charge in [0.15, 0.2) is 6.29 Å². The van der Waals surface area contributed by atoms with E-state index in [2.05, 4.69) is 0 Å². The first-order valence-electron chi connectivity index (χ1n) is 7.42. The van der Waals surface area contributed by atoms with E-state index in [0.717, 1.165) is 5.56 Å². The summed E-state index contributed by atoms with van der Waals surface area (Å²) in [6, 6.07) is 9.60. The van der Waals surface area contributed by atoms with Crippen molar-refractivity contribution in [2.75, 3.05) is 19.8 Å². The molecule has 0 heterocycles. The molecule has 5 heteroatoms. The van der Waals surface area contributed by atoms with E-state index >= 15 is 0 Å². The first-order valence-corrected chi connectivity index (χ1v) is 7.42. The molecule has 0 aromatic heterocycles. The molecule has 0 bridgehead atoms. The second-order valence-corrected chi connectivity index (χ2v) is 4.67. The van der Waals surface area contributed by atoms with Crippen molar-refractivity contribution in [3.05, 3.63) is 35.9 Å². The lowest BCUT2D eigenvalue weighted by Gasteiger charge is -2.21. The molecule has 5 nitrogen and oxygen atoms in total. The quantitative estimate of drug-likeness (QED) is 0.673. The van der Waals surface area contributed by atoms with Gasteiger partial charge in [-0.1, -0.05) is 30.3 Å². The lowest BCUT2D eigenvalue weighted by Crippen LogP contribution is -2.31. The molecule has 0 saturated heterocycles. The van der Waals surface area contributed by atoms with Crippen LogP contribution >= 0.6 is 0 Å². The molecule has 0 saturated carbocycles. The van der Waals surface area contributed by atoms with E-state index in [1.807, 2.05) is 44.2 Å². The second kappa shape index (κ2) is 10.2. The van der Waals surface area contributed by atoms with E-state index in [-0.39, 0.29) is 6.29 Å². The van der Waals surface area contributed by atoms with Gasteiger partial charge in [0.25, 0.3) is 0 Å². The average Bonchev–Trinajstić information content (AvgIpc) is 2.47. The first-order chi connectivity index (χ1) is 10.2. The van der Waals surface area contributed by atoms with Crippen LogP contribution in [0.15, 0.2) is 30.3 Å². The zero-order chi connectivity index (χ0) is 15.5. The number of benzene rings is 1. The van der Waals surface area contributed by atoms with Crippen molar-refractivity contribution in [3.63, 3.8) is 0 Å². The maximum atomic E-state index is 11.3. The highest BCUT2D eigenvalue weighted by atomic mass is 16.7. The molecule has 1 aromatic carbocycles. The van der Waals surface area contributed by atoms with Crippen LogP contribution in [0.4, 0.5) is 4.79 Å². The summed E-state index contributed by atoms with van der Waals surface area (Å²) >= 11 is 0. The molecule has 1 N–H and O–H groups in total. The molecule has 21 heavy (non-hydrogen) atoms. The van der Waals surface area contributed by atoms with E-state index in [1.165, 1.54) is 4.90 Å². The van der Waals surface area contributed by atoms with E-state index in [1.54, 1.807) is 0 Å². The summed E-state index contributed by atoms with van der Waals surface area (Å²) in [7, 11) is 0. The molecule has 1 rings (SSSR count). The van der Waals surface area contributed by atoms with Gasteiger partial charge >= 0.3 is 6.09 Å². The minimum absolute atomic E-state index is 0.243. The highest BCUT2D eigenvalue weighted by Gasteiger charge is 2.14. The molecule has 0 spiro atoms. The summed E-state index contributed by atoms with van der Waals surface area (Å²) in [6.45, 7) is 5.91. The van der Waals surface area contributed by atoms with Crippen molar-refractivity contribution in [2.45, 2.75) is 39.5 Å². The standard InChI is InChI=1S/C16H25NO4/c1-3-20-15(21-4-2)11-8-12-17(16(18)19)13-14-9-6-5-7-10-14/h5-7,9-10,15H,3-4,8,11-13H2,1-2H3,(H,18,19). The molecule has 0 unspecified atom stereocenters. The van der Waals surface area contributed by atoms with Crippen LogP contribution in [0.25, 0.3) is 0 Å². The van der Waals surface area contributed by atoms with Crippen molar-refractivity contribution >= 4 is 6.09 Å². The fraction of sp³-hybridized carbons (Fsp3) is 0.562. The Labute approximate surface area is 126 Å². The van der Waals surface area contributed by atoms with Crippen LogP contribution in [-0.2, 0) is 16.0 Å².